The smallest absolute Gasteiger partial charge is 0.164 e. The lowest BCUT2D eigenvalue weighted by atomic mass is 10.0. The summed E-state index contributed by atoms with van der Waals surface area (Å²) in [5, 5.41) is 0. The molecule has 2 aliphatic rings. The van der Waals surface area contributed by atoms with Gasteiger partial charge in [0.15, 0.2) is 11.3 Å². The highest BCUT2D eigenvalue weighted by molar-refractivity contribution is 5.83. The maximum Gasteiger partial charge on any atom is 0.164 e. The first-order valence-corrected chi connectivity index (χ1v) is 24.4. The van der Waals surface area contributed by atoms with Crippen molar-refractivity contribution in [2.45, 2.75) is 51.0 Å². The van der Waals surface area contributed by atoms with Gasteiger partial charge in [0.2, 0.25) is 0 Å². The molecule has 0 amide bonds. The normalized spacial score (nSPS) is 15.1. The van der Waals surface area contributed by atoms with Gasteiger partial charge in [0.05, 0.1) is 11.4 Å². The third-order valence-corrected chi connectivity index (χ3v) is 13.5. The second kappa shape index (κ2) is 19.7. The number of anilines is 2. The molecule has 10 aromatic rings. The molecule has 0 aliphatic carbocycles. The number of imidazole rings is 2. The van der Waals surface area contributed by atoms with Crippen LogP contribution in [0.4, 0.5) is 11.6 Å². The lowest BCUT2D eigenvalue weighted by Crippen LogP contribution is -2.37. The van der Waals surface area contributed by atoms with Gasteiger partial charge in [-0.25, -0.2) is 29.9 Å². The first-order valence-electron chi connectivity index (χ1n) is 24.4. The molecule has 0 bridgehead atoms. The second-order valence-electron chi connectivity index (χ2n) is 18.4. The maximum absolute atomic E-state index is 7.02. The molecule has 12 rings (SSSR count). The van der Waals surface area contributed by atoms with Crippen molar-refractivity contribution < 1.29 is 9.47 Å². The van der Waals surface area contributed by atoms with E-state index in [1.165, 1.54) is 5.56 Å². The van der Waals surface area contributed by atoms with Gasteiger partial charge in [-0.3, -0.25) is 28.9 Å². The summed E-state index contributed by atoms with van der Waals surface area (Å²) in [6, 6.07) is 38.3. The Labute approximate surface area is 416 Å². The number of fused-ring (bicyclic) bond motifs is 2. The Morgan fingerprint density at radius 3 is 1.68 bits per heavy atom. The lowest BCUT2D eigenvalue weighted by molar-refractivity contribution is 0.0968. The number of hydrogen-bond acceptors (Lipinski definition) is 14. The monoisotopic (exact) mass is 952 g/mol. The number of hydrogen-bond donors (Lipinski definition) is 2. The highest BCUT2D eigenvalue weighted by Crippen LogP contribution is 2.38. The fourth-order valence-electron chi connectivity index (χ4n) is 9.99. The number of pyridine rings is 6. The van der Waals surface area contributed by atoms with Crippen LogP contribution >= 0.6 is 0 Å². The highest BCUT2D eigenvalue weighted by Gasteiger charge is 2.26. The Bertz CT molecular complexity index is 3510. The van der Waals surface area contributed by atoms with E-state index in [0.717, 1.165) is 150 Å². The molecular formula is C56H52N14O2. The standard InChI is InChI=1S/C56H52N14O2/c57-51-30-37(13-23-61-51)35-67-26-16-44(17-27-67)71-43-10-7-41(8-11-43)69-53(65-47-5-2-21-63-55(47)69)39-15-25-60-49(32-39)46-33-42(70-54(40-4-1-20-59-34-40)66-48-6-3-22-64-56(48)70)9-12-50(46)72-45-18-28-68(29-19-45)36-38-14-24-62-52(58)31-38/h1-15,20-25,30-34,44-45H,16-19,26-29,35-36H2,(H2,57,61)(H2,58,62). The van der Waals surface area contributed by atoms with Crippen LogP contribution in [0.1, 0.15) is 36.8 Å². The van der Waals surface area contributed by atoms with Gasteiger partial charge in [0, 0.05) is 105 Å². The van der Waals surface area contributed by atoms with Crippen LogP contribution in [0.25, 0.3) is 67.7 Å². The summed E-state index contributed by atoms with van der Waals surface area (Å²) in [4.78, 5) is 42.6. The van der Waals surface area contributed by atoms with Crippen LogP contribution in [0.15, 0.2) is 159 Å². The van der Waals surface area contributed by atoms with Gasteiger partial charge in [0.1, 0.15) is 58.0 Å². The van der Waals surface area contributed by atoms with Gasteiger partial charge in [-0.05, 0) is 152 Å². The number of rotatable bonds is 13. The second-order valence-corrected chi connectivity index (χ2v) is 18.4. The van der Waals surface area contributed by atoms with E-state index in [9.17, 15) is 0 Å². The molecule has 2 aromatic carbocycles. The van der Waals surface area contributed by atoms with Gasteiger partial charge < -0.3 is 20.9 Å². The van der Waals surface area contributed by atoms with Gasteiger partial charge in [0.25, 0.3) is 0 Å². The van der Waals surface area contributed by atoms with Crippen molar-refractivity contribution in [3.8, 4) is 56.9 Å². The fraction of sp³-hybridized carbons (Fsp3) is 0.214. The molecule has 0 atom stereocenters. The minimum Gasteiger partial charge on any atom is -0.490 e. The van der Waals surface area contributed by atoms with Crippen LogP contribution < -0.4 is 20.9 Å². The number of benzene rings is 2. The van der Waals surface area contributed by atoms with Crippen molar-refractivity contribution in [3.05, 3.63) is 170 Å². The Kier molecular flexibility index (Phi) is 12.2. The zero-order chi connectivity index (χ0) is 48.4. The van der Waals surface area contributed by atoms with Crippen LogP contribution in [-0.2, 0) is 13.1 Å². The van der Waals surface area contributed by atoms with E-state index in [1.807, 2.05) is 91.3 Å². The minimum absolute atomic E-state index is 0.00818. The molecule has 0 saturated carbocycles. The quantitative estimate of drug-likeness (QED) is 0.111. The van der Waals surface area contributed by atoms with E-state index in [0.29, 0.717) is 11.6 Å². The fourth-order valence-corrected chi connectivity index (χ4v) is 9.99. The van der Waals surface area contributed by atoms with Crippen LogP contribution in [0.5, 0.6) is 11.5 Å². The molecule has 8 aromatic heterocycles. The SMILES string of the molecule is Nc1cc(CN2CCC(Oc3ccc(-n4c(-c5ccnc(-c6cc(-n7c(-c8cccnc8)nc8cccnc87)ccc6OC6CCN(Cc7ccnc(N)c7)CC6)c5)nc5cccnc54)cc3)CC2)ccn1. The van der Waals surface area contributed by atoms with Crippen molar-refractivity contribution in [1.29, 1.82) is 0 Å². The number of nitrogen functional groups attached to an aromatic ring is 2. The average Bonchev–Trinajstić information content (AvgIpc) is 4.01. The predicted molar refractivity (Wildman–Crippen MR) is 278 cm³/mol. The largest absolute Gasteiger partial charge is 0.490 e. The average molecular weight is 953 g/mol. The molecule has 0 spiro atoms. The molecule has 72 heavy (non-hydrogen) atoms. The zero-order valence-corrected chi connectivity index (χ0v) is 39.6. The zero-order valence-electron chi connectivity index (χ0n) is 39.6. The summed E-state index contributed by atoms with van der Waals surface area (Å²) in [5.41, 5.74) is 22.4. The number of nitrogens with zero attached hydrogens (tertiary/aromatic N) is 12. The van der Waals surface area contributed by atoms with Crippen LogP contribution in [0, 0.1) is 0 Å². The van der Waals surface area contributed by atoms with Gasteiger partial charge in [-0.15, -0.1) is 0 Å². The number of aromatic nitrogens is 10. The van der Waals surface area contributed by atoms with Crippen molar-refractivity contribution in [1.82, 2.24) is 58.8 Å². The van der Waals surface area contributed by atoms with Crippen LogP contribution in [-0.4, -0.2) is 97.2 Å². The van der Waals surface area contributed by atoms with Gasteiger partial charge in [-0.1, -0.05) is 0 Å². The number of nitrogens with two attached hydrogens (primary N) is 2. The molecule has 16 nitrogen and oxygen atoms in total. The summed E-state index contributed by atoms with van der Waals surface area (Å²) < 4.78 is 17.8. The Morgan fingerprint density at radius 2 is 1.07 bits per heavy atom. The predicted octanol–water partition coefficient (Wildman–Crippen LogP) is 8.99. The molecule has 16 heteroatoms. The van der Waals surface area contributed by atoms with E-state index >= 15 is 0 Å². The van der Waals surface area contributed by atoms with Gasteiger partial charge in [-0.2, -0.15) is 0 Å². The molecule has 358 valence electrons. The summed E-state index contributed by atoms with van der Waals surface area (Å²) >= 11 is 0. The van der Waals surface area contributed by atoms with E-state index < -0.39 is 0 Å². The summed E-state index contributed by atoms with van der Waals surface area (Å²) in [6.07, 6.45) is 16.3. The lowest BCUT2D eigenvalue weighted by Gasteiger charge is -2.32. The third kappa shape index (κ3) is 9.40. The first kappa shape index (κ1) is 44.6. The molecule has 2 fully saturated rings. The van der Waals surface area contributed by atoms with E-state index in [2.05, 4.69) is 70.3 Å². The van der Waals surface area contributed by atoms with Gasteiger partial charge >= 0.3 is 0 Å². The van der Waals surface area contributed by atoms with E-state index in [1.54, 1.807) is 31.0 Å². The summed E-state index contributed by atoms with van der Waals surface area (Å²) in [5.74, 6) is 4.11. The number of likely N-dealkylation sites (tertiary alicyclic amines) is 2. The topological polar surface area (TPSA) is 190 Å². The van der Waals surface area contributed by atoms with Crippen LogP contribution in [0.3, 0.4) is 0 Å². The number of ether oxygens (including phenoxy) is 2. The van der Waals surface area contributed by atoms with Crippen LogP contribution in [0.2, 0.25) is 0 Å². The molecule has 2 aliphatic heterocycles. The molecule has 10 heterocycles. The Morgan fingerprint density at radius 1 is 0.500 bits per heavy atom. The maximum atomic E-state index is 7.02. The summed E-state index contributed by atoms with van der Waals surface area (Å²) in [7, 11) is 0. The van der Waals surface area contributed by atoms with E-state index in [-0.39, 0.29) is 12.2 Å². The Balaban J connectivity index is 0.859. The summed E-state index contributed by atoms with van der Waals surface area (Å²) in [6.45, 7) is 5.32. The Hall–Kier alpha value is -8.60. The molecule has 0 radical (unpaired) electrons. The molecule has 4 N–H and O–H groups in total. The van der Waals surface area contributed by atoms with Crippen molar-refractivity contribution >= 4 is 34.0 Å². The molecule has 0 unspecified atom stereocenters. The highest BCUT2D eigenvalue weighted by atomic mass is 16.5. The molecule has 2 saturated heterocycles. The molecular weight excluding hydrogens is 901 g/mol. The van der Waals surface area contributed by atoms with E-state index in [4.69, 9.17) is 45.9 Å². The first-order chi connectivity index (χ1) is 35.4. The van der Waals surface area contributed by atoms with Crippen molar-refractivity contribution in [3.63, 3.8) is 0 Å². The van der Waals surface area contributed by atoms with Crippen molar-refractivity contribution in [2.75, 3.05) is 37.6 Å². The van der Waals surface area contributed by atoms with Crippen molar-refractivity contribution in [2.24, 2.45) is 0 Å². The number of piperidine rings is 2. The third-order valence-electron chi connectivity index (χ3n) is 13.5. The minimum atomic E-state index is -0.00818.